The standard InChI is InChI=1S/C14H24N2O4S/c1-5-7-11(3)15(4)21(19,20)12-9-13(14(17)18)16(10-12)8-6-2/h9-11H,5-8H2,1-4H3,(H,17,18). The van der Waals surface area contributed by atoms with E-state index in [1.165, 1.54) is 28.2 Å². The van der Waals surface area contributed by atoms with Crippen molar-refractivity contribution in [2.75, 3.05) is 7.05 Å². The van der Waals surface area contributed by atoms with Crippen molar-refractivity contribution in [3.05, 3.63) is 18.0 Å². The molecule has 0 radical (unpaired) electrons. The summed E-state index contributed by atoms with van der Waals surface area (Å²) in [4.78, 5) is 11.3. The number of carboxylic acids is 1. The molecule has 1 aromatic heterocycles. The van der Waals surface area contributed by atoms with E-state index in [0.29, 0.717) is 6.54 Å². The Bertz CT molecular complexity index is 592. The first kappa shape index (κ1) is 17.7. The molecule has 120 valence electrons. The van der Waals surface area contributed by atoms with Gasteiger partial charge in [-0.2, -0.15) is 4.31 Å². The zero-order chi connectivity index (χ0) is 16.2. The Labute approximate surface area is 126 Å². The van der Waals surface area contributed by atoms with E-state index in [4.69, 9.17) is 0 Å². The summed E-state index contributed by atoms with van der Waals surface area (Å²) in [5.74, 6) is -1.12. The van der Waals surface area contributed by atoms with Gasteiger partial charge in [0.1, 0.15) is 10.6 Å². The van der Waals surface area contributed by atoms with Crippen molar-refractivity contribution in [1.82, 2.24) is 8.87 Å². The zero-order valence-electron chi connectivity index (χ0n) is 13.0. The predicted molar refractivity (Wildman–Crippen MR) is 81.0 cm³/mol. The average molecular weight is 316 g/mol. The third kappa shape index (κ3) is 3.85. The number of carbonyl (C=O) groups is 1. The Morgan fingerprint density at radius 3 is 2.48 bits per heavy atom. The van der Waals surface area contributed by atoms with Crippen LogP contribution in [0.25, 0.3) is 0 Å². The molecule has 0 saturated carbocycles. The van der Waals surface area contributed by atoms with Gasteiger partial charge >= 0.3 is 5.97 Å². The first-order valence-corrected chi connectivity index (χ1v) is 8.61. The van der Waals surface area contributed by atoms with Crippen LogP contribution >= 0.6 is 0 Å². The Morgan fingerprint density at radius 1 is 1.38 bits per heavy atom. The molecule has 1 aromatic rings. The second kappa shape index (κ2) is 7.09. The summed E-state index contributed by atoms with van der Waals surface area (Å²) in [6, 6.07) is 1.12. The van der Waals surface area contributed by atoms with Crippen LogP contribution in [0.15, 0.2) is 17.2 Å². The maximum absolute atomic E-state index is 12.6. The van der Waals surface area contributed by atoms with Crippen molar-refractivity contribution in [1.29, 1.82) is 0 Å². The van der Waals surface area contributed by atoms with E-state index in [9.17, 15) is 18.3 Å². The minimum absolute atomic E-state index is 0.00645. The van der Waals surface area contributed by atoms with Crippen LogP contribution in [0.4, 0.5) is 0 Å². The van der Waals surface area contributed by atoms with Gasteiger partial charge in [0.15, 0.2) is 0 Å². The third-order valence-electron chi connectivity index (χ3n) is 3.56. The summed E-state index contributed by atoms with van der Waals surface area (Å²) in [6.07, 6.45) is 3.80. The molecule has 1 rings (SSSR count). The van der Waals surface area contributed by atoms with Crippen LogP contribution in [-0.2, 0) is 16.6 Å². The molecular formula is C14H24N2O4S. The van der Waals surface area contributed by atoms with E-state index < -0.39 is 16.0 Å². The molecule has 0 bridgehead atoms. The Hall–Kier alpha value is -1.34. The molecule has 0 spiro atoms. The normalized spacial score (nSPS) is 13.6. The van der Waals surface area contributed by atoms with Gasteiger partial charge < -0.3 is 9.67 Å². The smallest absolute Gasteiger partial charge is 0.352 e. The number of carboxylic acid groups (broad SMARTS) is 1. The summed E-state index contributed by atoms with van der Waals surface area (Å²) >= 11 is 0. The van der Waals surface area contributed by atoms with Crippen molar-refractivity contribution in [3.8, 4) is 0 Å². The number of rotatable bonds is 8. The van der Waals surface area contributed by atoms with Crippen LogP contribution in [0.3, 0.4) is 0 Å². The molecule has 0 saturated heterocycles. The number of hydrogen-bond donors (Lipinski definition) is 1. The molecule has 0 aliphatic carbocycles. The molecule has 0 amide bonds. The molecule has 0 aromatic carbocycles. The summed E-state index contributed by atoms with van der Waals surface area (Å²) in [5, 5.41) is 9.17. The second-order valence-corrected chi connectivity index (χ2v) is 7.22. The lowest BCUT2D eigenvalue weighted by Gasteiger charge is -2.23. The number of hydrogen-bond acceptors (Lipinski definition) is 3. The Morgan fingerprint density at radius 2 is 2.00 bits per heavy atom. The molecule has 7 heteroatoms. The fourth-order valence-electron chi connectivity index (χ4n) is 2.23. The second-order valence-electron chi connectivity index (χ2n) is 5.22. The highest BCUT2D eigenvalue weighted by Crippen LogP contribution is 2.21. The van der Waals surface area contributed by atoms with Crippen LogP contribution in [0.1, 0.15) is 50.5 Å². The quantitative estimate of drug-likeness (QED) is 0.798. The van der Waals surface area contributed by atoms with Crippen molar-refractivity contribution in [2.45, 2.75) is 57.5 Å². The van der Waals surface area contributed by atoms with Crippen LogP contribution in [0, 0.1) is 0 Å². The fraction of sp³-hybridized carbons (Fsp3) is 0.643. The lowest BCUT2D eigenvalue weighted by atomic mass is 10.2. The highest BCUT2D eigenvalue weighted by Gasteiger charge is 2.28. The lowest BCUT2D eigenvalue weighted by molar-refractivity contribution is 0.0685. The van der Waals surface area contributed by atoms with E-state index in [1.807, 2.05) is 20.8 Å². The molecule has 1 unspecified atom stereocenters. The lowest BCUT2D eigenvalue weighted by Crippen LogP contribution is -2.34. The van der Waals surface area contributed by atoms with Crippen molar-refractivity contribution in [3.63, 3.8) is 0 Å². The summed E-state index contributed by atoms with van der Waals surface area (Å²) in [5.41, 5.74) is 0.00645. The Balaban J connectivity index is 3.19. The number of aryl methyl sites for hydroxylation is 1. The van der Waals surface area contributed by atoms with Gasteiger partial charge in [-0.3, -0.25) is 0 Å². The monoisotopic (exact) mass is 316 g/mol. The van der Waals surface area contributed by atoms with Crippen molar-refractivity contribution in [2.24, 2.45) is 0 Å². The molecule has 1 atom stereocenters. The third-order valence-corrected chi connectivity index (χ3v) is 5.50. The molecule has 0 aliphatic heterocycles. The average Bonchev–Trinajstić information content (AvgIpc) is 2.83. The van der Waals surface area contributed by atoms with Gasteiger partial charge in [-0.25, -0.2) is 13.2 Å². The van der Waals surface area contributed by atoms with E-state index in [-0.39, 0.29) is 16.6 Å². The van der Waals surface area contributed by atoms with Gasteiger partial charge in [-0.15, -0.1) is 0 Å². The SMILES string of the molecule is CCCC(C)N(C)S(=O)(=O)c1cc(C(=O)O)n(CCC)c1. The molecule has 0 aliphatic rings. The topological polar surface area (TPSA) is 79.6 Å². The number of aromatic nitrogens is 1. The van der Waals surface area contributed by atoms with Crippen molar-refractivity contribution < 1.29 is 18.3 Å². The van der Waals surface area contributed by atoms with Gasteiger partial charge in [0, 0.05) is 25.8 Å². The van der Waals surface area contributed by atoms with Crippen LogP contribution in [0.5, 0.6) is 0 Å². The van der Waals surface area contributed by atoms with Gasteiger partial charge in [0.2, 0.25) is 10.0 Å². The van der Waals surface area contributed by atoms with E-state index >= 15 is 0 Å². The summed E-state index contributed by atoms with van der Waals surface area (Å²) in [7, 11) is -2.13. The van der Waals surface area contributed by atoms with Crippen LogP contribution in [-0.4, -0.2) is 41.5 Å². The molecule has 1 heterocycles. The van der Waals surface area contributed by atoms with Crippen LogP contribution in [0.2, 0.25) is 0 Å². The maximum atomic E-state index is 12.6. The minimum atomic E-state index is -3.66. The van der Waals surface area contributed by atoms with E-state index in [2.05, 4.69) is 0 Å². The van der Waals surface area contributed by atoms with Crippen LogP contribution < -0.4 is 0 Å². The Kier molecular flexibility index (Phi) is 5.98. The molecule has 21 heavy (non-hydrogen) atoms. The van der Waals surface area contributed by atoms with Gasteiger partial charge in [-0.05, 0) is 25.8 Å². The first-order valence-electron chi connectivity index (χ1n) is 7.17. The minimum Gasteiger partial charge on any atom is -0.477 e. The maximum Gasteiger partial charge on any atom is 0.352 e. The largest absolute Gasteiger partial charge is 0.477 e. The van der Waals surface area contributed by atoms with Gasteiger partial charge in [0.05, 0.1) is 0 Å². The molecule has 1 N–H and O–H groups in total. The highest BCUT2D eigenvalue weighted by molar-refractivity contribution is 7.89. The molecule has 6 nitrogen and oxygen atoms in total. The summed E-state index contributed by atoms with van der Waals surface area (Å²) in [6.45, 7) is 6.24. The zero-order valence-corrected chi connectivity index (χ0v) is 13.9. The first-order chi connectivity index (χ1) is 9.75. The van der Waals surface area contributed by atoms with Gasteiger partial charge in [0.25, 0.3) is 0 Å². The van der Waals surface area contributed by atoms with E-state index in [1.54, 1.807) is 0 Å². The number of aromatic carboxylic acids is 1. The molecular weight excluding hydrogens is 292 g/mol. The number of sulfonamides is 1. The predicted octanol–water partition coefficient (Wildman–Crippen LogP) is 2.41. The van der Waals surface area contributed by atoms with E-state index in [0.717, 1.165) is 19.3 Å². The molecule has 0 fully saturated rings. The number of nitrogens with zero attached hydrogens (tertiary/aromatic N) is 2. The summed E-state index contributed by atoms with van der Waals surface area (Å²) < 4.78 is 27.9. The fourth-order valence-corrected chi connectivity index (χ4v) is 3.67. The van der Waals surface area contributed by atoms with Crippen molar-refractivity contribution >= 4 is 16.0 Å². The highest BCUT2D eigenvalue weighted by atomic mass is 32.2. The van der Waals surface area contributed by atoms with Gasteiger partial charge in [-0.1, -0.05) is 20.3 Å².